The number of rotatable bonds is 7. The van der Waals surface area contributed by atoms with Crippen molar-refractivity contribution in [2.45, 2.75) is 18.9 Å². The van der Waals surface area contributed by atoms with Gasteiger partial charge < -0.3 is 24.1 Å². The largest absolute Gasteiger partial charge is 0.497 e. The molecule has 0 spiro atoms. The summed E-state index contributed by atoms with van der Waals surface area (Å²) in [6.07, 6.45) is 2.34. The third-order valence-electron chi connectivity index (χ3n) is 6.11. The van der Waals surface area contributed by atoms with E-state index in [1.54, 1.807) is 13.2 Å². The molecule has 1 unspecified atom stereocenters. The standard InChI is InChI=1S/C25H27N3O5/c1-30-19-7-4-17(5-8-19)21(28-10-2-3-11-28)16-26-25(29)20-15-23(33-27-20)18-6-9-22-24(14-18)32-13-12-31-22/h4-9,14-15,21H,2-3,10-13,16H2,1H3,(H,26,29). The monoisotopic (exact) mass is 449 g/mol. The zero-order chi connectivity index (χ0) is 22.6. The van der Waals surface area contributed by atoms with Crippen LogP contribution in [-0.2, 0) is 0 Å². The van der Waals surface area contributed by atoms with E-state index in [1.807, 2.05) is 30.3 Å². The number of nitrogens with zero attached hydrogens (tertiary/aromatic N) is 2. The van der Waals surface area contributed by atoms with Crippen molar-refractivity contribution in [2.24, 2.45) is 0 Å². The number of carbonyl (C=O) groups is 1. The lowest BCUT2D eigenvalue weighted by Gasteiger charge is -2.28. The fraction of sp³-hybridized carbons (Fsp3) is 0.360. The first-order valence-electron chi connectivity index (χ1n) is 11.2. The predicted molar refractivity (Wildman–Crippen MR) is 122 cm³/mol. The average molecular weight is 450 g/mol. The quantitative estimate of drug-likeness (QED) is 0.589. The van der Waals surface area contributed by atoms with Gasteiger partial charge in [0, 0.05) is 18.2 Å². The summed E-state index contributed by atoms with van der Waals surface area (Å²) < 4.78 is 21.9. The molecule has 8 heteroatoms. The van der Waals surface area contributed by atoms with Crippen molar-refractivity contribution < 1.29 is 23.5 Å². The van der Waals surface area contributed by atoms with E-state index in [-0.39, 0.29) is 17.6 Å². The van der Waals surface area contributed by atoms with Gasteiger partial charge in [-0.2, -0.15) is 0 Å². The first kappa shape index (κ1) is 21.3. The minimum atomic E-state index is -0.264. The van der Waals surface area contributed by atoms with Crippen molar-refractivity contribution >= 4 is 5.91 Å². The van der Waals surface area contributed by atoms with Crippen molar-refractivity contribution in [3.8, 4) is 28.6 Å². The summed E-state index contributed by atoms with van der Waals surface area (Å²) in [7, 11) is 1.66. The van der Waals surface area contributed by atoms with E-state index in [0.717, 1.165) is 30.0 Å². The number of carbonyl (C=O) groups excluding carboxylic acids is 1. The Morgan fingerprint density at radius 3 is 2.58 bits per heavy atom. The second-order valence-corrected chi connectivity index (χ2v) is 8.18. The lowest BCUT2D eigenvalue weighted by atomic mass is 10.1. The van der Waals surface area contributed by atoms with Crippen molar-refractivity contribution in [1.29, 1.82) is 0 Å². The number of fused-ring (bicyclic) bond motifs is 1. The van der Waals surface area contributed by atoms with E-state index in [4.69, 9.17) is 18.7 Å². The maximum Gasteiger partial charge on any atom is 0.273 e. The number of benzene rings is 2. The Hall–Kier alpha value is -3.52. The highest BCUT2D eigenvalue weighted by molar-refractivity contribution is 5.93. The molecule has 1 aromatic heterocycles. The van der Waals surface area contributed by atoms with Crippen LogP contribution in [0.4, 0.5) is 0 Å². The summed E-state index contributed by atoms with van der Waals surface area (Å²) >= 11 is 0. The van der Waals surface area contributed by atoms with Gasteiger partial charge in [0.1, 0.15) is 19.0 Å². The summed E-state index contributed by atoms with van der Waals surface area (Å²) in [5, 5.41) is 7.02. The van der Waals surface area contributed by atoms with Crippen LogP contribution in [-0.4, -0.2) is 55.9 Å². The molecule has 3 aromatic rings. The minimum absolute atomic E-state index is 0.0894. The third kappa shape index (κ3) is 4.66. The molecule has 0 bridgehead atoms. The number of hydrogen-bond acceptors (Lipinski definition) is 7. The van der Waals surface area contributed by atoms with Gasteiger partial charge in [-0.25, -0.2) is 0 Å². The van der Waals surface area contributed by atoms with Gasteiger partial charge in [-0.15, -0.1) is 0 Å². The molecule has 2 aromatic carbocycles. The topological polar surface area (TPSA) is 86.1 Å². The lowest BCUT2D eigenvalue weighted by Crippen LogP contribution is -2.36. The third-order valence-corrected chi connectivity index (χ3v) is 6.11. The van der Waals surface area contributed by atoms with Crippen LogP contribution in [0.25, 0.3) is 11.3 Å². The van der Waals surface area contributed by atoms with Crippen LogP contribution in [0.15, 0.2) is 53.1 Å². The molecule has 172 valence electrons. The molecule has 1 atom stereocenters. The molecule has 1 fully saturated rings. The zero-order valence-corrected chi connectivity index (χ0v) is 18.6. The van der Waals surface area contributed by atoms with Crippen LogP contribution in [0.3, 0.4) is 0 Å². The highest BCUT2D eigenvalue weighted by Gasteiger charge is 2.25. The summed E-state index contributed by atoms with van der Waals surface area (Å²) in [6, 6.07) is 15.3. The van der Waals surface area contributed by atoms with Gasteiger partial charge >= 0.3 is 0 Å². The zero-order valence-electron chi connectivity index (χ0n) is 18.6. The van der Waals surface area contributed by atoms with Crippen LogP contribution < -0.4 is 19.5 Å². The second-order valence-electron chi connectivity index (χ2n) is 8.18. The van der Waals surface area contributed by atoms with Gasteiger partial charge in [-0.05, 0) is 61.8 Å². The van der Waals surface area contributed by atoms with E-state index >= 15 is 0 Å². The highest BCUT2D eigenvalue weighted by Crippen LogP contribution is 2.34. The Kier molecular flexibility index (Phi) is 6.17. The van der Waals surface area contributed by atoms with Crippen molar-refractivity contribution in [3.63, 3.8) is 0 Å². The van der Waals surface area contributed by atoms with Gasteiger partial charge in [-0.1, -0.05) is 17.3 Å². The summed E-state index contributed by atoms with van der Waals surface area (Å²) in [5.41, 5.74) is 2.17. The molecule has 1 amide bonds. The number of likely N-dealkylation sites (tertiary alicyclic amines) is 1. The molecule has 1 saturated heterocycles. The number of hydrogen-bond donors (Lipinski definition) is 1. The van der Waals surface area contributed by atoms with Gasteiger partial charge in [0.25, 0.3) is 5.91 Å². The Labute approximate surface area is 192 Å². The van der Waals surface area contributed by atoms with Crippen LogP contribution in [0.2, 0.25) is 0 Å². The molecule has 5 rings (SSSR count). The van der Waals surface area contributed by atoms with Crippen LogP contribution >= 0.6 is 0 Å². The molecule has 0 saturated carbocycles. The van der Waals surface area contributed by atoms with Crippen LogP contribution in [0.1, 0.15) is 34.9 Å². The van der Waals surface area contributed by atoms with E-state index in [9.17, 15) is 4.79 Å². The normalized spacial score (nSPS) is 16.4. The van der Waals surface area contributed by atoms with E-state index in [0.29, 0.717) is 37.0 Å². The molecular formula is C25H27N3O5. The Balaban J connectivity index is 1.28. The van der Waals surface area contributed by atoms with Gasteiger partial charge in [0.2, 0.25) is 0 Å². The molecule has 2 aliphatic rings. The molecule has 0 radical (unpaired) electrons. The Bertz CT molecular complexity index is 1110. The summed E-state index contributed by atoms with van der Waals surface area (Å²) in [6.45, 7) is 3.56. The molecule has 8 nitrogen and oxygen atoms in total. The number of ether oxygens (including phenoxy) is 3. The highest BCUT2D eigenvalue weighted by atomic mass is 16.6. The number of methoxy groups -OCH3 is 1. The first-order chi connectivity index (χ1) is 16.2. The SMILES string of the molecule is COc1ccc(C(CNC(=O)c2cc(-c3ccc4c(c3)OCCO4)on2)N2CCCC2)cc1. The van der Waals surface area contributed by atoms with Crippen LogP contribution in [0, 0.1) is 0 Å². The minimum Gasteiger partial charge on any atom is -0.497 e. The number of nitrogens with one attached hydrogen (secondary N) is 1. The predicted octanol–water partition coefficient (Wildman–Crippen LogP) is 3.69. The molecule has 1 N–H and O–H groups in total. The number of aromatic nitrogens is 1. The first-order valence-corrected chi connectivity index (χ1v) is 11.2. The van der Waals surface area contributed by atoms with Crippen molar-refractivity contribution in [1.82, 2.24) is 15.4 Å². The smallest absolute Gasteiger partial charge is 0.273 e. The maximum absolute atomic E-state index is 12.9. The fourth-order valence-corrected chi connectivity index (χ4v) is 4.33. The summed E-state index contributed by atoms with van der Waals surface area (Å²) in [4.78, 5) is 15.3. The average Bonchev–Trinajstić information content (AvgIpc) is 3.57. The second kappa shape index (κ2) is 9.54. The molecule has 0 aliphatic carbocycles. The fourth-order valence-electron chi connectivity index (χ4n) is 4.33. The maximum atomic E-state index is 12.9. The van der Waals surface area contributed by atoms with Gasteiger partial charge in [0.05, 0.1) is 13.2 Å². The van der Waals surface area contributed by atoms with Crippen molar-refractivity contribution in [2.75, 3.05) is 40.0 Å². The molecule has 3 heterocycles. The van der Waals surface area contributed by atoms with Crippen LogP contribution in [0.5, 0.6) is 17.2 Å². The van der Waals surface area contributed by atoms with E-state index in [1.165, 1.54) is 12.8 Å². The molecular weight excluding hydrogens is 422 g/mol. The van der Waals surface area contributed by atoms with E-state index < -0.39 is 0 Å². The summed E-state index contributed by atoms with van der Waals surface area (Å²) in [5.74, 6) is 2.42. The Morgan fingerprint density at radius 1 is 1.06 bits per heavy atom. The number of amides is 1. The van der Waals surface area contributed by atoms with Gasteiger partial charge in [-0.3, -0.25) is 9.69 Å². The lowest BCUT2D eigenvalue weighted by molar-refractivity contribution is 0.0929. The van der Waals surface area contributed by atoms with Crippen molar-refractivity contribution in [3.05, 3.63) is 59.8 Å². The molecule has 33 heavy (non-hydrogen) atoms. The van der Waals surface area contributed by atoms with E-state index in [2.05, 4.69) is 27.5 Å². The molecule has 2 aliphatic heterocycles. The Morgan fingerprint density at radius 2 is 1.82 bits per heavy atom. The van der Waals surface area contributed by atoms with Gasteiger partial charge in [0.15, 0.2) is 23.0 Å².